The van der Waals surface area contributed by atoms with Crippen molar-refractivity contribution in [3.63, 3.8) is 0 Å². The van der Waals surface area contributed by atoms with Gasteiger partial charge in [-0.05, 0) is 55.0 Å². The van der Waals surface area contributed by atoms with Crippen molar-refractivity contribution in [2.24, 2.45) is 0 Å². The van der Waals surface area contributed by atoms with Crippen LogP contribution in [0.5, 0.6) is 0 Å². The van der Waals surface area contributed by atoms with Crippen LogP contribution >= 0.6 is 0 Å². The molecule has 0 saturated heterocycles. The fourth-order valence-corrected chi connectivity index (χ4v) is 2.94. The molecule has 0 bridgehead atoms. The van der Waals surface area contributed by atoms with Crippen LogP contribution in [-0.4, -0.2) is 0 Å². The average Bonchev–Trinajstić information content (AvgIpc) is 2.63. The Morgan fingerprint density at radius 3 is 2.08 bits per heavy atom. The minimum Gasteiger partial charge on any atom is -0.206 e. The van der Waals surface area contributed by atoms with Crippen LogP contribution < -0.4 is 0 Å². The molecule has 0 radical (unpaired) electrons. The second-order valence-corrected chi connectivity index (χ2v) is 6.37. The largest absolute Gasteiger partial charge is 0.206 e. The highest BCUT2D eigenvalue weighted by Gasteiger charge is 2.07. The summed E-state index contributed by atoms with van der Waals surface area (Å²) in [5.74, 6) is -0.181. The maximum absolute atomic E-state index is 14.6. The molecule has 0 saturated carbocycles. The molecule has 3 aromatic rings. The van der Waals surface area contributed by atoms with Gasteiger partial charge >= 0.3 is 0 Å². The maximum atomic E-state index is 14.6. The van der Waals surface area contributed by atoms with Gasteiger partial charge in [0.2, 0.25) is 0 Å². The minimum absolute atomic E-state index is 0.181. The van der Waals surface area contributed by atoms with Crippen LogP contribution in [-0.2, 0) is 6.42 Å². The van der Waals surface area contributed by atoms with E-state index in [0.29, 0.717) is 5.56 Å². The van der Waals surface area contributed by atoms with Crippen molar-refractivity contribution in [3.05, 3.63) is 95.8 Å². The Balaban J connectivity index is 1.82. The van der Waals surface area contributed by atoms with Gasteiger partial charge in [0.05, 0.1) is 0 Å². The highest BCUT2D eigenvalue weighted by atomic mass is 19.1. The number of aryl methyl sites for hydroxylation is 2. The zero-order chi connectivity index (χ0) is 17.6. The van der Waals surface area contributed by atoms with E-state index in [9.17, 15) is 4.39 Å². The first-order valence-electron chi connectivity index (χ1n) is 8.74. The second-order valence-electron chi connectivity index (χ2n) is 6.37. The molecule has 126 valence electrons. The second kappa shape index (κ2) is 7.94. The van der Waals surface area contributed by atoms with Gasteiger partial charge < -0.3 is 0 Å². The third kappa shape index (κ3) is 4.24. The standard InChI is InChI=1S/C24H23F/c1-3-4-5-6-19-9-13-21(14-10-19)23-16-15-22(17-24(23)25)20-11-7-18(2)8-12-20/h3-4,7-17H,5-6H2,1-2H3. The summed E-state index contributed by atoms with van der Waals surface area (Å²) in [6.07, 6.45) is 6.28. The molecule has 0 atom stereocenters. The normalized spacial score (nSPS) is 11.2. The van der Waals surface area contributed by atoms with Crippen LogP contribution in [0.3, 0.4) is 0 Å². The molecule has 0 aliphatic rings. The van der Waals surface area contributed by atoms with Crippen LogP contribution in [0.15, 0.2) is 78.9 Å². The molecule has 0 nitrogen and oxygen atoms in total. The fourth-order valence-electron chi connectivity index (χ4n) is 2.94. The summed E-state index contributed by atoms with van der Waals surface area (Å²) >= 11 is 0. The zero-order valence-corrected chi connectivity index (χ0v) is 14.8. The number of halogens is 1. The Hall–Kier alpha value is -2.67. The lowest BCUT2D eigenvalue weighted by molar-refractivity contribution is 0.632. The molecular weight excluding hydrogens is 307 g/mol. The van der Waals surface area contributed by atoms with Gasteiger partial charge in [-0.1, -0.05) is 78.4 Å². The Labute approximate surface area is 149 Å². The molecular formula is C24H23F. The maximum Gasteiger partial charge on any atom is 0.131 e. The van der Waals surface area contributed by atoms with Gasteiger partial charge in [0, 0.05) is 5.56 Å². The molecule has 0 unspecified atom stereocenters. The Morgan fingerprint density at radius 1 is 0.800 bits per heavy atom. The van der Waals surface area contributed by atoms with Gasteiger partial charge in [0.25, 0.3) is 0 Å². The van der Waals surface area contributed by atoms with Crippen molar-refractivity contribution in [1.29, 1.82) is 0 Å². The SMILES string of the molecule is CC=CCCc1ccc(-c2ccc(-c3ccc(C)cc3)cc2F)cc1. The van der Waals surface area contributed by atoms with E-state index in [1.807, 2.05) is 55.5 Å². The summed E-state index contributed by atoms with van der Waals surface area (Å²) in [5, 5.41) is 0. The van der Waals surface area contributed by atoms with Gasteiger partial charge in [-0.3, -0.25) is 0 Å². The topological polar surface area (TPSA) is 0 Å². The van der Waals surface area contributed by atoms with Gasteiger partial charge in [0.15, 0.2) is 0 Å². The van der Waals surface area contributed by atoms with E-state index in [4.69, 9.17) is 0 Å². The van der Waals surface area contributed by atoms with Crippen LogP contribution in [0.2, 0.25) is 0 Å². The molecule has 25 heavy (non-hydrogen) atoms. The fraction of sp³-hybridized carbons (Fsp3) is 0.167. The lowest BCUT2D eigenvalue weighted by atomic mass is 9.98. The lowest BCUT2D eigenvalue weighted by Gasteiger charge is -2.08. The van der Waals surface area contributed by atoms with Crippen molar-refractivity contribution in [2.45, 2.75) is 26.7 Å². The third-order valence-corrected chi connectivity index (χ3v) is 4.45. The van der Waals surface area contributed by atoms with E-state index in [2.05, 4.69) is 31.2 Å². The quantitative estimate of drug-likeness (QED) is 0.443. The smallest absolute Gasteiger partial charge is 0.131 e. The first-order valence-corrected chi connectivity index (χ1v) is 8.74. The van der Waals surface area contributed by atoms with E-state index < -0.39 is 0 Å². The number of hydrogen-bond donors (Lipinski definition) is 0. The van der Waals surface area contributed by atoms with E-state index >= 15 is 0 Å². The van der Waals surface area contributed by atoms with Crippen molar-refractivity contribution in [3.8, 4) is 22.3 Å². The molecule has 0 fully saturated rings. The van der Waals surface area contributed by atoms with Crippen LogP contribution in [0.4, 0.5) is 4.39 Å². The highest BCUT2D eigenvalue weighted by Crippen LogP contribution is 2.28. The number of hydrogen-bond acceptors (Lipinski definition) is 0. The molecule has 3 rings (SSSR count). The van der Waals surface area contributed by atoms with Crippen LogP contribution in [0, 0.1) is 12.7 Å². The molecule has 0 amide bonds. The van der Waals surface area contributed by atoms with Gasteiger partial charge in [0.1, 0.15) is 5.82 Å². The van der Waals surface area contributed by atoms with E-state index in [1.165, 1.54) is 11.1 Å². The lowest BCUT2D eigenvalue weighted by Crippen LogP contribution is -1.88. The first kappa shape index (κ1) is 17.2. The molecule has 1 heteroatoms. The van der Waals surface area contributed by atoms with Crippen molar-refractivity contribution in [1.82, 2.24) is 0 Å². The molecule has 0 N–H and O–H groups in total. The summed E-state index contributed by atoms with van der Waals surface area (Å²) in [4.78, 5) is 0. The molecule has 0 aliphatic heterocycles. The third-order valence-electron chi connectivity index (χ3n) is 4.45. The molecule has 0 heterocycles. The van der Waals surface area contributed by atoms with E-state index in [-0.39, 0.29) is 5.82 Å². The van der Waals surface area contributed by atoms with Crippen molar-refractivity contribution < 1.29 is 4.39 Å². The Kier molecular flexibility index (Phi) is 5.45. The van der Waals surface area contributed by atoms with Crippen LogP contribution in [0.1, 0.15) is 24.5 Å². The highest BCUT2D eigenvalue weighted by molar-refractivity contribution is 5.71. The van der Waals surface area contributed by atoms with E-state index in [1.54, 1.807) is 6.07 Å². The van der Waals surface area contributed by atoms with Gasteiger partial charge in [-0.2, -0.15) is 0 Å². The summed E-state index contributed by atoms with van der Waals surface area (Å²) in [6, 6.07) is 21.8. The molecule has 0 aromatic heterocycles. The summed E-state index contributed by atoms with van der Waals surface area (Å²) < 4.78 is 14.6. The predicted molar refractivity (Wildman–Crippen MR) is 105 cm³/mol. The molecule has 0 aliphatic carbocycles. The number of rotatable bonds is 5. The Bertz CT molecular complexity index is 856. The minimum atomic E-state index is -0.181. The number of benzene rings is 3. The summed E-state index contributed by atoms with van der Waals surface area (Å²) in [6.45, 7) is 4.09. The van der Waals surface area contributed by atoms with Crippen molar-refractivity contribution in [2.75, 3.05) is 0 Å². The average molecular weight is 330 g/mol. The first-order chi connectivity index (χ1) is 12.2. The van der Waals surface area contributed by atoms with E-state index in [0.717, 1.165) is 29.5 Å². The van der Waals surface area contributed by atoms with Gasteiger partial charge in [-0.15, -0.1) is 0 Å². The van der Waals surface area contributed by atoms with Gasteiger partial charge in [-0.25, -0.2) is 4.39 Å². The molecule has 3 aromatic carbocycles. The zero-order valence-electron chi connectivity index (χ0n) is 14.8. The summed E-state index contributed by atoms with van der Waals surface area (Å²) in [7, 11) is 0. The predicted octanol–water partition coefficient (Wildman–Crippen LogP) is 6.98. The van der Waals surface area contributed by atoms with Crippen molar-refractivity contribution >= 4 is 0 Å². The monoisotopic (exact) mass is 330 g/mol. The molecule has 0 spiro atoms. The Morgan fingerprint density at radius 2 is 1.44 bits per heavy atom. The van der Waals surface area contributed by atoms with Crippen LogP contribution in [0.25, 0.3) is 22.3 Å². The number of allylic oxidation sites excluding steroid dienone is 2. The summed E-state index contributed by atoms with van der Waals surface area (Å²) in [5.41, 5.74) is 5.99.